The fourth-order valence-electron chi connectivity index (χ4n) is 1.76. The van der Waals surface area contributed by atoms with Gasteiger partial charge < -0.3 is 9.73 Å². The lowest BCUT2D eigenvalue weighted by molar-refractivity contribution is 0.452. The summed E-state index contributed by atoms with van der Waals surface area (Å²) in [6, 6.07) is 7.92. The molecule has 0 aliphatic rings. The molecule has 90 valence electrons. The summed E-state index contributed by atoms with van der Waals surface area (Å²) in [4.78, 5) is 0. The van der Waals surface area contributed by atoms with Crippen molar-refractivity contribution in [3.63, 3.8) is 0 Å². The number of rotatable bonds is 4. The van der Waals surface area contributed by atoms with Crippen LogP contribution in [0.1, 0.15) is 24.3 Å². The van der Waals surface area contributed by atoms with Crippen LogP contribution in [-0.2, 0) is 0 Å². The molecule has 0 spiro atoms. The zero-order chi connectivity index (χ0) is 12.3. The SMILES string of the molecule is CCNC(c1ccco1)c1ccc(F)cc1Cl. The van der Waals surface area contributed by atoms with E-state index < -0.39 is 0 Å². The van der Waals surface area contributed by atoms with Crippen LogP contribution in [0.3, 0.4) is 0 Å². The summed E-state index contributed by atoms with van der Waals surface area (Å²) in [6.07, 6.45) is 1.61. The van der Waals surface area contributed by atoms with E-state index >= 15 is 0 Å². The van der Waals surface area contributed by atoms with Crippen molar-refractivity contribution in [1.29, 1.82) is 0 Å². The van der Waals surface area contributed by atoms with Gasteiger partial charge in [-0.3, -0.25) is 0 Å². The fraction of sp³-hybridized carbons (Fsp3) is 0.231. The predicted molar refractivity (Wildman–Crippen MR) is 65.6 cm³/mol. The van der Waals surface area contributed by atoms with Crippen molar-refractivity contribution in [2.75, 3.05) is 6.54 Å². The Labute approximate surface area is 104 Å². The van der Waals surface area contributed by atoms with Crippen molar-refractivity contribution >= 4 is 11.6 Å². The molecule has 2 aromatic rings. The molecular weight excluding hydrogens is 241 g/mol. The zero-order valence-corrected chi connectivity index (χ0v) is 10.2. The minimum atomic E-state index is -0.339. The standard InChI is InChI=1S/C13H13ClFNO/c1-2-16-13(12-4-3-7-17-12)10-6-5-9(15)8-11(10)14/h3-8,13,16H,2H2,1H3. The summed E-state index contributed by atoms with van der Waals surface area (Å²) in [5.74, 6) is 0.425. The second-order valence-corrected chi connectivity index (χ2v) is 4.08. The zero-order valence-electron chi connectivity index (χ0n) is 9.41. The smallest absolute Gasteiger partial charge is 0.125 e. The second-order valence-electron chi connectivity index (χ2n) is 3.67. The molecule has 4 heteroatoms. The Hall–Kier alpha value is -1.32. The lowest BCUT2D eigenvalue weighted by atomic mass is 10.0. The van der Waals surface area contributed by atoms with Gasteiger partial charge in [0.05, 0.1) is 12.3 Å². The van der Waals surface area contributed by atoms with Crippen LogP contribution in [0.4, 0.5) is 4.39 Å². The van der Waals surface area contributed by atoms with E-state index in [1.54, 1.807) is 12.3 Å². The molecule has 1 N–H and O–H groups in total. The van der Waals surface area contributed by atoms with Crippen molar-refractivity contribution in [1.82, 2.24) is 5.32 Å². The molecule has 0 amide bonds. The number of nitrogens with one attached hydrogen (secondary N) is 1. The average molecular weight is 254 g/mol. The first-order chi connectivity index (χ1) is 8.22. The quantitative estimate of drug-likeness (QED) is 0.897. The summed E-state index contributed by atoms with van der Waals surface area (Å²) in [7, 11) is 0. The van der Waals surface area contributed by atoms with Crippen LogP contribution in [0, 0.1) is 5.82 Å². The van der Waals surface area contributed by atoms with Crippen LogP contribution in [0.2, 0.25) is 5.02 Å². The monoisotopic (exact) mass is 253 g/mol. The first-order valence-electron chi connectivity index (χ1n) is 5.44. The maximum Gasteiger partial charge on any atom is 0.125 e. The molecule has 2 rings (SSSR count). The summed E-state index contributed by atoms with van der Waals surface area (Å²) in [6.45, 7) is 2.76. The van der Waals surface area contributed by atoms with E-state index in [1.807, 2.05) is 19.1 Å². The van der Waals surface area contributed by atoms with E-state index in [0.29, 0.717) is 5.02 Å². The summed E-state index contributed by atoms with van der Waals surface area (Å²) in [5, 5.41) is 3.66. The van der Waals surface area contributed by atoms with Gasteiger partial charge >= 0.3 is 0 Å². The Balaban J connectivity index is 2.39. The van der Waals surface area contributed by atoms with E-state index in [1.165, 1.54) is 12.1 Å². The highest BCUT2D eigenvalue weighted by Gasteiger charge is 2.18. The van der Waals surface area contributed by atoms with Crippen LogP contribution in [-0.4, -0.2) is 6.54 Å². The molecule has 0 saturated carbocycles. The topological polar surface area (TPSA) is 25.2 Å². The molecule has 0 aliphatic heterocycles. The van der Waals surface area contributed by atoms with Gasteiger partial charge in [0.25, 0.3) is 0 Å². The summed E-state index contributed by atoms with van der Waals surface area (Å²) < 4.78 is 18.4. The van der Waals surface area contributed by atoms with Gasteiger partial charge in [-0.2, -0.15) is 0 Å². The third-order valence-electron chi connectivity index (χ3n) is 2.51. The van der Waals surface area contributed by atoms with Gasteiger partial charge in [0.2, 0.25) is 0 Å². The van der Waals surface area contributed by atoms with Crippen LogP contribution >= 0.6 is 11.6 Å². The normalized spacial score (nSPS) is 12.6. The summed E-state index contributed by atoms with van der Waals surface area (Å²) >= 11 is 6.06. The highest BCUT2D eigenvalue weighted by molar-refractivity contribution is 6.31. The number of hydrogen-bond acceptors (Lipinski definition) is 2. The minimum absolute atomic E-state index is 0.150. The predicted octanol–water partition coefficient (Wildman–Crippen LogP) is 3.77. The van der Waals surface area contributed by atoms with Gasteiger partial charge in [-0.05, 0) is 36.4 Å². The number of hydrogen-bond donors (Lipinski definition) is 1. The van der Waals surface area contributed by atoms with E-state index in [4.69, 9.17) is 16.0 Å². The molecule has 17 heavy (non-hydrogen) atoms. The van der Waals surface area contributed by atoms with E-state index in [0.717, 1.165) is 17.9 Å². The van der Waals surface area contributed by atoms with E-state index in [9.17, 15) is 4.39 Å². The molecule has 1 aromatic heterocycles. The van der Waals surface area contributed by atoms with Gasteiger partial charge in [0.1, 0.15) is 11.6 Å². The molecule has 1 unspecified atom stereocenters. The van der Waals surface area contributed by atoms with Gasteiger partial charge in [0, 0.05) is 5.02 Å². The maximum atomic E-state index is 13.0. The van der Waals surface area contributed by atoms with E-state index in [2.05, 4.69) is 5.32 Å². The molecule has 0 saturated heterocycles. The Morgan fingerprint density at radius 1 is 1.41 bits per heavy atom. The van der Waals surface area contributed by atoms with Crippen molar-refractivity contribution in [2.24, 2.45) is 0 Å². The van der Waals surface area contributed by atoms with Gasteiger partial charge in [0.15, 0.2) is 0 Å². The second kappa shape index (κ2) is 5.34. The highest BCUT2D eigenvalue weighted by atomic mass is 35.5. The van der Waals surface area contributed by atoms with Gasteiger partial charge in [-0.15, -0.1) is 0 Å². The molecule has 0 aliphatic carbocycles. The number of halogens is 2. The Morgan fingerprint density at radius 3 is 2.82 bits per heavy atom. The van der Waals surface area contributed by atoms with Crippen molar-refractivity contribution in [3.8, 4) is 0 Å². The first-order valence-corrected chi connectivity index (χ1v) is 5.82. The van der Waals surface area contributed by atoms with Crippen molar-refractivity contribution in [3.05, 3.63) is 58.8 Å². The molecular formula is C13H13ClFNO. The number of benzene rings is 1. The molecule has 0 fully saturated rings. The first kappa shape index (κ1) is 12.1. The molecule has 0 radical (unpaired) electrons. The third kappa shape index (κ3) is 2.68. The van der Waals surface area contributed by atoms with Gasteiger partial charge in [-0.1, -0.05) is 24.6 Å². The summed E-state index contributed by atoms with van der Waals surface area (Å²) in [5.41, 5.74) is 0.810. The molecule has 1 atom stereocenters. The maximum absolute atomic E-state index is 13.0. The van der Waals surface area contributed by atoms with Crippen molar-refractivity contribution < 1.29 is 8.81 Å². The Kier molecular flexibility index (Phi) is 3.82. The van der Waals surface area contributed by atoms with Gasteiger partial charge in [-0.25, -0.2) is 4.39 Å². The lowest BCUT2D eigenvalue weighted by Crippen LogP contribution is -2.21. The molecule has 2 nitrogen and oxygen atoms in total. The average Bonchev–Trinajstić information content (AvgIpc) is 2.80. The molecule has 0 bridgehead atoms. The third-order valence-corrected chi connectivity index (χ3v) is 2.84. The van der Waals surface area contributed by atoms with Crippen LogP contribution in [0.25, 0.3) is 0 Å². The van der Waals surface area contributed by atoms with Crippen LogP contribution in [0.15, 0.2) is 41.0 Å². The van der Waals surface area contributed by atoms with Crippen molar-refractivity contribution in [2.45, 2.75) is 13.0 Å². The lowest BCUT2D eigenvalue weighted by Gasteiger charge is -2.17. The Morgan fingerprint density at radius 2 is 2.24 bits per heavy atom. The Bertz CT molecular complexity index is 484. The van der Waals surface area contributed by atoms with E-state index in [-0.39, 0.29) is 11.9 Å². The number of furan rings is 1. The van der Waals surface area contributed by atoms with Crippen LogP contribution < -0.4 is 5.32 Å². The molecule has 1 heterocycles. The molecule has 1 aromatic carbocycles. The fourth-order valence-corrected chi connectivity index (χ4v) is 2.04. The highest BCUT2D eigenvalue weighted by Crippen LogP contribution is 2.29. The minimum Gasteiger partial charge on any atom is -0.467 e. The largest absolute Gasteiger partial charge is 0.467 e. The van der Waals surface area contributed by atoms with Crippen LogP contribution in [0.5, 0.6) is 0 Å².